The number of nitrogens with zero attached hydrogens (tertiary/aromatic N) is 1. The van der Waals surface area contributed by atoms with Crippen LogP contribution in [0.4, 0.5) is 0 Å². The fourth-order valence-corrected chi connectivity index (χ4v) is 4.59. The van der Waals surface area contributed by atoms with Crippen molar-refractivity contribution in [2.24, 2.45) is 0 Å². The van der Waals surface area contributed by atoms with E-state index in [1.54, 1.807) is 11.4 Å². The molecule has 0 amide bonds. The second-order valence-corrected chi connectivity index (χ2v) is 7.60. The number of piperidine rings is 1. The largest absolute Gasteiger partial charge is 0.311 e. The smallest absolute Gasteiger partial charge is 0.214 e. The van der Waals surface area contributed by atoms with Gasteiger partial charge in [-0.3, -0.25) is 0 Å². The summed E-state index contributed by atoms with van der Waals surface area (Å²) in [5, 5.41) is 3.55. The lowest BCUT2D eigenvalue weighted by Crippen LogP contribution is -2.49. The number of unbranched alkanes of at least 4 members (excludes halogenated alkanes) is 1. The van der Waals surface area contributed by atoms with E-state index < -0.39 is 10.0 Å². The number of rotatable bonds is 5. The lowest BCUT2D eigenvalue weighted by molar-refractivity contribution is 0.251. The molecule has 17 heavy (non-hydrogen) atoms. The second-order valence-electron chi connectivity index (χ2n) is 5.45. The van der Waals surface area contributed by atoms with Crippen LogP contribution in [0.1, 0.15) is 45.4 Å². The predicted octanol–water partition coefficient (Wildman–Crippen LogP) is 1.33. The molecule has 2 aliphatic heterocycles. The van der Waals surface area contributed by atoms with Crippen LogP contribution in [0.3, 0.4) is 0 Å². The molecule has 2 aliphatic rings. The Morgan fingerprint density at radius 2 is 1.82 bits per heavy atom. The normalized spacial score (nSPS) is 33.2. The molecular weight excluding hydrogens is 236 g/mol. The Morgan fingerprint density at radius 1 is 1.24 bits per heavy atom. The van der Waals surface area contributed by atoms with Crippen molar-refractivity contribution in [1.29, 1.82) is 0 Å². The first-order chi connectivity index (χ1) is 8.03. The van der Waals surface area contributed by atoms with Crippen LogP contribution in [0.25, 0.3) is 0 Å². The van der Waals surface area contributed by atoms with Gasteiger partial charge in [0.05, 0.1) is 5.75 Å². The van der Waals surface area contributed by atoms with E-state index in [1.807, 2.05) is 6.92 Å². The van der Waals surface area contributed by atoms with Crippen LogP contribution in [0.15, 0.2) is 0 Å². The highest BCUT2D eigenvalue weighted by Gasteiger charge is 2.37. The maximum absolute atomic E-state index is 12.1. The Morgan fingerprint density at radius 3 is 2.35 bits per heavy atom. The highest BCUT2D eigenvalue weighted by atomic mass is 32.2. The van der Waals surface area contributed by atoms with Gasteiger partial charge in [-0.15, -0.1) is 0 Å². The molecule has 2 heterocycles. The summed E-state index contributed by atoms with van der Waals surface area (Å²) in [6, 6.07) is 1.31. The van der Waals surface area contributed by atoms with Crippen molar-refractivity contribution in [3.63, 3.8) is 0 Å². The molecule has 2 rings (SSSR count). The average Bonchev–Trinajstić information content (AvgIpc) is 2.64. The molecule has 0 aromatic carbocycles. The molecule has 2 unspecified atom stereocenters. The Hall–Kier alpha value is -0.130. The zero-order valence-corrected chi connectivity index (χ0v) is 11.7. The van der Waals surface area contributed by atoms with E-state index >= 15 is 0 Å². The molecule has 2 saturated heterocycles. The van der Waals surface area contributed by atoms with Gasteiger partial charge in [0.25, 0.3) is 0 Å². The quantitative estimate of drug-likeness (QED) is 0.811. The zero-order chi connectivity index (χ0) is 12.5. The molecule has 0 radical (unpaired) electrons. The van der Waals surface area contributed by atoms with Gasteiger partial charge in [0.2, 0.25) is 10.0 Å². The average molecular weight is 260 g/mol. The fourth-order valence-electron chi connectivity index (χ4n) is 3.02. The summed E-state index contributed by atoms with van der Waals surface area (Å²) in [6.45, 7) is 2.03. The van der Waals surface area contributed by atoms with E-state index in [4.69, 9.17) is 0 Å². The summed E-state index contributed by atoms with van der Waals surface area (Å²) in [5.41, 5.74) is 0. The minimum atomic E-state index is -3.04. The molecule has 0 spiro atoms. The van der Waals surface area contributed by atoms with Gasteiger partial charge >= 0.3 is 0 Å². The van der Waals surface area contributed by atoms with Gasteiger partial charge in [0, 0.05) is 25.2 Å². The van der Waals surface area contributed by atoms with E-state index in [9.17, 15) is 8.42 Å². The molecule has 2 atom stereocenters. The molecule has 0 aromatic rings. The van der Waals surface area contributed by atoms with Crippen molar-refractivity contribution >= 4 is 10.0 Å². The van der Waals surface area contributed by atoms with Crippen molar-refractivity contribution in [2.75, 3.05) is 12.8 Å². The van der Waals surface area contributed by atoms with Crippen molar-refractivity contribution in [3.05, 3.63) is 0 Å². The number of fused-ring (bicyclic) bond motifs is 2. The molecule has 0 aliphatic carbocycles. The Bertz CT molecular complexity index is 344. The molecule has 2 fully saturated rings. The van der Waals surface area contributed by atoms with Crippen molar-refractivity contribution in [3.8, 4) is 0 Å². The topological polar surface area (TPSA) is 49.4 Å². The molecule has 4 nitrogen and oxygen atoms in total. The van der Waals surface area contributed by atoms with Crippen molar-refractivity contribution in [2.45, 2.75) is 63.6 Å². The van der Waals surface area contributed by atoms with E-state index in [1.165, 1.54) is 12.8 Å². The molecule has 5 heteroatoms. The van der Waals surface area contributed by atoms with Gasteiger partial charge in [0.1, 0.15) is 0 Å². The van der Waals surface area contributed by atoms with E-state index in [0.29, 0.717) is 17.8 Å². The number of hydrogen-bond acceptors (Lipinski definition) is 3. The van der Waals surface area contributed by atoms with E-state index in [-0.39, 0.29) is 6.04 Å². The molecule has 1 N–H and O–H groups in total. The summed E-state index contributed by atoms with van der Waals surface area (Å²) >= 11 is 0. The first kappa shape index (κ1) is 13.3. The monoisotopic (exact) mass is 260 g/mol. The van der Waals surface area contributed by atoms with Gasteiger partial charge in [-0.05, 0) is 32.1 Å². The predicted molar refractivity (Wildman–Crippen MR) is 69.4 cm³/mol. The Labute approximate surface area is 105 Å². The SMILES string of the molecule is CCCCS(=O)(=O)N(C)C1CC2CCC(C1)N2. The minimum absolute atomic E-state index is 0.218. The van der Waals surface area contributed by atoms with Crippen LogP contribution in [-0.2, 0) is 10.0 Å². The van der Waals surface area contributed by atoms with Crippen LogP contribution >= 0.6 is 0 Å². The molecule has 2 bridgehead atoms. The van der Waals surface area contributed by atoms with Crippen LogP contribution in [0.5, 0.6) is 0 Å². The zero-order valence-electron chi connectivity index (χ0n) is 10.9. The summed E-state index contributed by atoms with van der Waals surface area (Å²) in [7, 11) is -1.27. The van der Waals surface area contributed by atoms with Crippen molar-refractivity contribution in [1.82, 2.24) is 9.62 Å². The number of nitrogens with one attached hydrogen (secondary N) is 1. The van der Waals surface area contributed by atoms with Gasteiger partial charge < -0.3 is 5.32 Å². The molecular formula is C12H24N2O2S. The van der Waals surface area contributed by atoms with Crippen LogP contribution in [0, 0.1) is 0 Å². The molecule has 100 valence electrons. The van der Waals surface area contributed by atoms with E-state index in [0.717, 1.165) is 25.7 Å². The third kappa shape index (κ3) is 3.01. The third-order valence-corrected chi connectivity index (χ3v) is 6.14. The van der Waals surface area contributed by atoms with Crippen LogP contribution in [0.2, 0.25) is 0 Å². The second kappa shape index (κ2) is 5.24. The van der Waals surface area contributed by atoms with Gasteiger partial charge in [-0.1, -0.05) is 13.3 Å². The summed E-state index contributed by atoms with van der Waals surface area (Å²) in [5.74, 6) is 0.305. The fraction of sp³-hybridized carbons (Fsp3) is 1.00. The van der Waals surface area contributed by atoms with Crippen molar-refractivity contribution < 1.29 is 8.42 Å². The van der Waals surface area contributed by atoms with Crippen LogP contribution < -0.4 is 5.32 Å². The maximum Gasteiger partial charge on any atom is 0.214 e. The number of hydrogen-bond donors (Lipinski definition) is 1. The summed E-state index contributed by atoms with van der Waals surface area (Å²) in [4.78, 5) is 0. The first-order valence-corrected chi connectivity index (χ1v) is 8.35. The maximum atomic E-state index is 12.1. The van der Waals surface area contributed by atoms with Gasteiger partial charge in [-0.25, -0.2) is 12.7 Å². The highest BCUT2D eigenvalue weighted by Crippen LogP contribution is 2.30. The summed E-state index contributed by atoms with van der Waals surface area (Å²) in [6.07, 6.45) is 6.10. The van der Waals surface area contributed by atoms with Gasteiger partial charge in [-0.2, -0.15) is 0 Å². The Balaban J connectivity index is 1.97. The first-order valence-electron chi connectivity index (χ1n) is 6.74. The standard InChI is InChI=1S/C12H24N2O2S/c1-3-4-7-17(15,16)14(2)12-8-10-5-6-11(9-12)13-10/h10-13H,3-9H2,1-2H3. The molecule has 0 saturated carbocycles. The minimum Gasteiger partial charge on any atom is -0.311 e. The Kier molecular flexibility index (Phi) is 4.10. The van der Waals surface area contributed by atoms with Gasteiger partial charge in [0.15, 0.2) is 0 Å². The highest BCUT2D eigenvalue weighted by molar-refractivity contribution is 7.89. The summed E-state index contributed by atoms with van der Waals surface area (Å²) < 4.78 is 25.9. The number of sulfonamides is 1. The third-order valence-electron chi connectivity index (χ3n) is 4.16. The van der Waals surface area contributed by atoms with E-state index in [2.05, 4.69) is 5.32 Å². The molecule has 0 aromatic heterocycles. The lowest BCUT2D eigenvalue weighted by Gasteiger charge is -2.34. The lowest BCUT2D eigenvalue weighted by atomic mass is 10.0. The van der Waals surface area contributed by atoms with Crippen LogP contribution in [-0.4, -0.2) is 43.6 Å².